The van der Waals surface area contributed by atoms with Gasteiger partial charge in [-0.2, -0.15) is 0 Å². The van der Waals surface area contributed by atoms with Gasteiger partial charge in [0.1, 0.15) is 11.6 Å². The van der Waals surface area contributed by atoms with Crippen molar-refractivity contribution in [3.63, 3.8) is 0 Å². The maximum Gasteiger partial charge on any atom is 0.242 e. The van der Waals surface area contributed by atoms with Gasteiger partial charge in [-0.15, -0.1) is 0 Å². The first-order chi connectivity index (χ1) is 13.8. The van der Waals surface area contributed by atoms with E-state index >= 15 is 0 Å². The zero-order valence-corrected chi connectivity index (χ0v) is 17.4. The first-order valence-electron chi connectivity index (χ1n) is 9.08. The third-order valence-corrected chi connectivity index (χ3v) is 6.47. The molecule has 0 spiro atoms. The van der Waals surface area contributed by atoms with Gasteiger partial charge in [-0.3, -0.25) is 0 Å². The van der Waals surface area contributed by atoms with E-state index in [4.69, 9.17) is 10.5 Å². The summed E-state index contributed by atoms with van der Waals surface area (Å²) in [5.41, 5.74) is 7.01. The summed E-state index contributed by atoms with van der Waals surface area (Å²) >= 11 is 0. The molecule has 3 aromatic rings. The Balaban J connectivity index is 1.99. The Hall–Kier alpha value is -2.68. The number of rotatable bonds is 7. The van der Waals surface area contributed by atoms with Crippen molar-refractivity contribution >= 4 is 20.9 Å². The normalized spacial score (nSPS) is 12.7. The number of nitrogens with zero attached hydrogens (tertiary/aromatic N) is 2. The molecule has 6 nitrogen and oxygen atoms in total. The minimum atomic E-state index is -3.51. The lowest BCUT2D eigenvalue weighted by molar-refractivity contribution is 0.477. The molecule has 0 saturated heterocycles. The van der Waals surface area contributed by atoms with Crippen LogP contribution in [0.25, 0.3) is 10.9 Å². The van der Waals surface area contributed by atoms with Crippen molar-refractivity contribution in [3.8, 4) is 11.5 Å². The van der Waals surface area contributed by atoms with E-state index < -0.39 is 10.0 Å². The molecule has 0 aliphatic heterocycles. The second-order valence-electron chi connectivity index (χ2n) is 6.77. The van der Waals surface area contributed by atoms with Crippen molar-refractivity contribution in [2.45, 2.75) is 18.4 Å². The highest BCUT2D eigenvalue weighted by Crippen LogP contribution is 2.36. The molecule has 0 unspecified atom stereocenters. The monoisotopic (exact) mass is 417 g/mol. The minimum Gasteiger partial charge on any atom is -0.455 e. The fourth-order valence-electron chi connectivity index (χ4n) is 3.08. The molecule has 2 N–H and O–H groups in total. The molecule has 29 heavy (non-hydrogen) atoms. The number of nitrogens with two attached hydrogens (primary N) is 1. The lowest BCUT2D eigenvalue weighted by Gasteiger charge is -2.12. The van der Waals surface area contributed by atoms with Crippen molar-refractivity contribution in [2.24, 2.45) is 5.73 Å². The SMILES string of the molecule is Cc1c(Oc2ccc(S(=O)(=O)N(C)C)cc2)c2ccccc2n1CC(F)=CCN. The third-order valence-electron chi connectivity index (χ3n) is 4.64. The van der Waals surface area contributed by atoms with Crippen LogP contribution in [0.3, 0.4) is 0 Å². The highest BCUT2D eigenvalue weighted by molar-refractivity contribution is 7.89. The summed E-state index contributed by atoms with van der Waals surface area (Å²) in [6.07, 6.45) is 1.35. The predicted octanol–water partition coefficient (Wildman–Crippen LogP) is 3.80. The fraction of sp³-hybridized carbons (Fsp3) is 0.238. The topological polar surface area (TPSA) is 77.6 Å². The van der Waals surface area contributed by atoms with Crippen LogP contribution in [0.2, 0.25) is 0 Å². The van der Waals surface area contributed by atoms with E-state index in [1.54, 1.807) is 12.1 Å². The van der Waals surface area contributed by atoms with E-state index in [2.05, 4.69) is 0 Å². The Bertz CT molecular complexity index is 1150. The number of fused-ring (bicyclic) bond motifs is 1. The maximum atomic E-state index is 14.1. The van der Waals surface area contributed by atoms with Gasteiger partial charge in [-0.1, -0.05) is 12.1 Å². The Morgan fingerprint density at radius 2 is 1.83 bits per heavy atom. The number of para-hydroxylation sites is 1. The predicted molar refractivity (Wildman–Crippen MR) is 112 cm³/mol. The number of benzene rings is 2. The fourth-order valence-corrected chi connectivity index (χ4v) is 3.99. The molecular weight excluding hydrogens is 393 g/mol. The summed E-state index contributed by atoms with van der Waals surface area (Å²) in [5.74, 6) is 0.775. The molecular formula is C21H24FN3O3S. The summed E-state index contributed by atoms with van der Waals surface area (Å²) in [6, 6.07) is 13.8. The van der Waals surface area contributed by atoms with Crippen LogP contribution in [-0.2, 0) is 16.6 Å². The smallest absolute Gasteiger partial charge is 0.242 e. The molecule has 0 amide bonds. The average Bonchev–Trinajstić information content (AvgIpc) is 2.94. The number of aromatic nitrogens is 1. The first-order valence-corrected chi connectivity index (χ1v) is 10.5. The molecule has 1 aromatic heterocycles. The summed E-state index contributed by atoms with van der Waals surface area (Å²) < 4.78 is 47.6. The van der Waals surface area contributed by atoms with E-state index in [1.807, 2.05) is 35.8 Å². The second-order valence-corrected chi connectivity index (χ2v) is 8.92. The van der Waals surface area contributed by atoms with Crippen LogP contribution in [0.1, 0.15) is 5.69 Å². The second kappa shape index (κ2) is 8.36. The van der Waals surface area contributed by atoms with Crippen molar-refractivity contribution in [1.29, 1.82) is 0 Å². The Morgan fingerprint density at radius 3 is 2.45 bits per heavy atom. The standard InChI is InChI=1S/C21H24FN3O3S/c1-15-21(28-17-8-10-18(11-9-17)29(26,27)24(2)3)19-6-4-5-7-20(19)25(15)14-16(22)12-13-23/h4-12H,13-14,23H2,1-3H3. The molecule has 0 fully saturated rings. The van der Waals surface area contributed by atoms with Crippen LogP contribution in [0.15, 0.2) is 65.3 Å². The van der Waals surface area contributed by atoms with Gasteiger partial charge in [0, 0.05) is 26.0 Å². The van der Waals surface area contributed by atoms with Crippen LogP contribution in [0.4, 0.5) is 4.39 Å². The highest BCUT2D eigenvalue weighted by atomic mass is 32.2. The molecule has 0 aliphatic carbocycles. The van der Waals surface area contributed by atoms with E-state index in [0.29, 0.717) is 11.5 Å². The van der Waals surface area contributed by atoms with Gasteiger partial charge >= 0.3 is 0 Å². The number of ether oxygens (including phenoxy) is 1. The molecule has 3 rings (SSSR count). The van der Waals surface area contributed by atoms with E-state index in [0.717, 1.165) is 20.9 Å². The van der Waals surface area contributed by atoms with Gasteiger partial charge in [0.2, 0.25) is 10.0 Å². The lowest BCUT2D eigenvalue weighted by atomic mass is 10.2. The van der Waals surface area contributed by atoms with Crippen molar-refractivity contribution < 1.29 is 17.5 Å². The van der Waals surface area contributed by atoms with Crippen molar-refractivity contribution in [2.75, 3.05) is 20.6 Å². The number of hydrogen-bond acceptors (Lipinski definition) is 4. The summed E-state index contributed by atoms with van der Waals surface area (Å²) in [5, 5.41) is 0.843. The molecule has 0 radical (unpaired) electrons. The summed E-state index contributed by atoms with van der Waals surface area (Å²) in [4.78, 5) is 0.183. The van der Waals surface area contributed by atoms with E-state index in [9.17, 15) is 12.8 Å². The Kier molecular flexibility index (Phi) is 6.07. The largest absolute Gasteiger partial charge is 0.455 e. The summed E-state index contributed by atoms with van der Waals surface area (Å²) in [6.45, 7) is 2.05. The number of allylic oxidation sites excluding steroid dienone is 1. The average molecular weight is 418 g/mol. The van der Waals surface area contributed by atoms with E-state index in [-0.39, 0.29) is 23.8 Å². The van der Waals surface area contributed by atoms with Crippen LogP contribution >= 0.6 is 0 Å². The summed E-state index contributed by atoms with van der Waals surface area (Å²) in [7, 11) is -0.544. The molecule has 0 saturated carbocycles. The highest BCUT2D eigenvalue weighted by Gasteiger charge is 2.19. The first kappa shape index (κ1) is 21.0. The van der Waals surface area contributed by atoms with Gasteiger partial charge in [0.15, 0.2) is 5.75 Å². The van der Waals surface area contributed by atoms with Crippen LogP contribution in [0.5, 0.6) is 11.5 Å². The quantitative estimate of drug-likeness (QED) is 0.634. The molecule has 154 valence electrons. The molecule has 8 heteroatoms. The minimum absolute atomic E-state index is 0.0624. The maximum absolute atomic E-state index is 14.1. The number of halogens is 1. The van der Waals surface area contributed by atoms with Gasteiger partial charge in [0.05, 0.1) is 22.7 Å². The molecule has 0 atom stereocenters. The van der Waals surface area contributed by atoms with Crippen LogP contribution in [0, 0.1) is 6.92 Å². The molecule has 1 heterocycles. The molecule has 2 aromatic carbocycles. The van der Waals surface area contributed by atoms with Crippen LogP contribution < -0.4 is 10.5 Å². The Labute approximate surface area is 170 Å². The van der Waals surface area contributed by atoms with Gasteiger partial charge in [-0.05, 0) is 49.4 Å². The lowest BCUT2D eigenvalue weighted by Crippen LogP contribution is -2.22. The van der Waals surface area contributed by atoms with Crippen molar-refractivity contribution in [3.05, 3.63) is 66.1 Å². The van der Waals surface area contributed by atoms with Gasteiger partial charge < -0.3 is 15.0 Å². The molecule has 0 bridgehead atoms. The Morgan fingerprint density at radius 1 is 1.17 bits per heavy atom. The van der Waals surface area contributed by atoms with Crippen molar-refractivity contribution in [1.82, 2.24) is 8.87 Å². The zero-order chi connectivity index (χ0) is 21.2. The number of sulfonamides is 1. The zero-order valence-electron chi connectivity index (χ0n) is 16.6. The van der Waals surface area contributed by atoms with Crippen LogP contribution in [-0.4, -0.2) is 37.9 Å². The third kappa shape index (κ3) is 4.19. The van der Waals surface area contributed by atoms with E-state index in [1.165, 1.54) is 32.3 Å². The van der Waals surface area contributed by atoms with Gasteiger partial charge in [0.25, 0.3) is 0 Å². The number of hydrogen-bond donors (Lipinski definition) is 1. The molecule has 0 aliphatic rings. The van der Waals surface area contributed by atoms with Gasteiger partial charge in [-0.25, -0.2) is 17.1 Å².